The summed E-state index contributed by atoms with van der Waals surface area (Å²) in [5, 5.41) is 3.65. The second-order valence-corrected chi connectivity index (χ2v) is 5.49. The molecule has 0 bridgehead atoms. The second-order valence-electron chi connectivity index (χ2n) is 5.49. The number of nitrogens with one attached hydrogen (secondary N) is 1. The molecule has 0 aromatic heterocycles. The van der Waals surface area contributed by atoms with Crippen LogP contribution < -0.4 is 15.8 Å². The molecule has 1 aliphatic carbocycles. The molecule has 3 N–H and O–H groups in total. The maximum Gasteiger partial charge on any atom is 0.122 e. The van der Waals surface area contributed by atoms with Gasteiger partial charge in [0.1, 0.15) is 5.75 Å². The number of benzene rings is 1. The summed E-state index contributed by atoms with van der Waals surface area (Å²) in [7, 11) is 1.73. The molecule has 3 nitrogen and oxygen atoms in total. The van der Waals surface area contributed by atoms with Gasteiger partial charge >= 0.3 is 0 Å². The first kappa shape index (κ1) is 14.4. The fraction of sp³-hybridized carbons (Fsp3) is 0.625. The number of aryl methyl sites for hydroxylation is 1. The highest BCUT2D eigenvalue weighted by Crippen LogP contribution is 2.21. The largest absolute Gasteiger partial charge is 0.496 e. The Bertz CT molecular complexity index is 398. The highest BCUT2D eigenvalue weighted by atomic mass is 16.5. The molecule has 0 atom stereocenters. The highest BCUT2D eigenvalue weighted by Gasteiger charge is 2.17. The van der Waals surface area contributed by atoms with Gasteiger partial charge in [0.15, 0.2) is 0 Å². The van der Waals surface area contributed by atoms with Crippen LogP contribution in [0.1, 0.15) is 43.7 Å². The predicted octanol–water partition coefficient (Wildman–Crippen LogP) is 2.62. The predicted molar refractivity (Wildman–Crippen MR) is 79.4 cm³/mol. The third kappa shape index (κ3) is 3.95. The van der Waals surface area contributed by atoms with E-state index in [2.05, 4.69) is 30.4 Å². The summed E-state index contributed by atoms with van der Waals surface area (Å²) in [6.45, 7) is 3.11. The Hall–Kier alpha value is -1.06. The average molecular weight is 262 g/mol. The van der Waals surface area contributed by atoms with Crippen molar-refractivity contribution in [2.45, 2.75) is 57.7 Å². The van der Waals surface area contributed by atoms with E-state index in [1.165, 1.54) is 24.0 Å². The standard InChI is InChI=1S/C16H26N2O/c1-3-13-10-12(4-9-16(13)19-2)11-18-15-7-5-14(17)6-8-15/h4,9-10,14-15,18H,3,5-8,11,17H2,1-2H3. The van der Waals surface area contributed by atoms with Crippen molar-refractivity contribution in [1.29, 1.82) is 0 Å². The van der Waals surface area contributed by atoms with Crippen LogP contribution in [-0.4, -0.2) is 19.2 Å². The Morgan fingerprint density at radius 3 is 2.63 bits per heavy atom. The van der Waals surface area contributed by atoms with Crippen LogP contribution in [0.2, 0.25) is 0 Å². The molecule has 1 aromatic carbocycles. The lowest BCUT2D eigenvalue weighted by molar-refractivity contribution is 0.341. The average Bonchev–Trinajstić information content (AvgIpc) is 2.46. The topological polar surface area (TPSA) is 47.3 Å². The molecule has 1 fully saturated rings. The molecule has 1 saturated carbocycles. The van der Waals surface area contributed by atoms with Gasteiger partial charge in [-0.1, -0.05) is 19.1 Å². The molecule has 0 spiro atoms. The molecule has 0 saturated heterocycles. The van der Waals surface area contributed by atoms with Crippen molar-refractivity contribution in [3.05, 3.63) is 29.3 Å². The van der Waals surface area contributed by atoms with Gasteiger partial charge < -0.3 is 15.8 Å². The lowest BCUT2D eigenvalue weighted by Crippen LogP contribution is -2.37. The molecule has 0 radical (unpaired) electrons. The maximum absolute atomic E-state index is 5.93. The lowest BCUT2D eigenvalue weighted by atomic mass is 9.91. The highest BCUT2D eigenvalue weighted by molar-refractivity contribution is 5.37. The summed E-state index contributed by atoms with van der Waals surface area (Å²) in [5.74, 6) is 0.995. The van der Waals surface area contributed by atoms with Gasteiger partial charge in [-0.2, -0.15) is 0 Å². The zero-order valence-electron chi connectivity index (χ0n) is 12.1. The van der Waals surface area contributed by atoms with Crippen LogP contribution in [0.5, 0.6) is 5.75 Å². The first-order chi connectivity index (χ1) is 9.22. The van der Waals surface area contributed by atoms with Gasteiger partial charge in [-0.25, -0.2) is 0 Å². The summed E-state index contributed by atoms with van der Waals surface area (Å²) in [5.41, 5.74) is 8.56. The number of methoxy groups -OCH3 is 1. The minimum Gasteiger partial charge on any atom is -0.496 e. The van der Waals surface area contributed by atoms with Gasteiger partial charge in [-0.3, -0.25) is 0 Å². The Labute approximate surface area is 116 Å². The molecule has 2 rings (SSSR count). The summed E-state index contributed by atoms with van der Waals surface area (Å²) >= 11 is 0. The van der Waals surface area contributed by atoms with Crippen LogP contribution in [0.3, 0.4) is 0 Å². The minimum atomic E-state index is 0.422. The summed E-state index contributed by atoms with van der Waals surface area (Å²) in [6, 6.07) is 7.53. The number of ether oxygens (including phenoxy) is 1. The molecule has 19 heavy (non-hydrogen) atoms. The maximum atomic E-state index is 5.93. The van der Waals surface area contributed by atoms with E-state index >= 15 is 0 Å². The molecule has 0 heterocycles. The van der Waals surface area contributed by atoms with E-state index in [1.807, 2.05) is 0 Å². The second kappa shape index (κ2) is 6.92. The van der Waals surface area contributed by atoms with E-state index in [-0.39, 0.29) is 0 Å². The van der Waals surface area contributed by atoms with Crippen molar-refractivity contribution in [2.75, 3.05) is 7.11 Å². The Morgan fingerprint density at radius 1 is 1.26 bits per heavy atom. The smallest absolute Gasteiger partial charge is 0.122 e. The van der Waals surface area contributed by atoms with Crippen molar-refractivity contribution < 1.29 is 4.74 Å². The van der Waals surface area contributed by atoms with Gasteiger partial charge in [0, 0.05) is 18.6 Å². The van der Waals surface area contributed by atoms with Gasteiger partial charge in [-0.05, 0) is 49.3 Å². The van der Waals surface area contributed by atoms with Crippen molar-refractivity contribution in [3.63, 3.8) is 0 Å². The molecule has 0 amide bonds. The molecular formula is C16H26N2O. The van der Waals surface area contributed by atoms with Crippen LogP contribution in [-0.2, 0) is 13.0 Å². The number of hydrogen-bond donors (Lipinski definition) is 2. The fourth-order valence-corrected chi connectivity index (χ4v) is 2.80. The summed E-state index contributed by atoms with van der Waals surface area (Å²) in [4.78, 5) is 0. The third-order valence-electron chi connectivity index (χ3n) is 4.09. The van der Waals surface area contributed by atoms with E-state index in [9.17, 15) is 0 Å². The number of hydrogen-bond acceptors (Lipinski definition) is 3. The van der Waals surface area contributed by atoms with Gasteiger partial charge in [-0.15, -0.1) is 0 Å². The lowest BCUT2D eigenvalue weighted by Gasteiger charge is -2.27. The van der Waals surface area contributed by atoms with Crippen LogP contribution in [0, 0.1) is 0 Å². The molecule has 1 aromatic rings. The van der Waals surface area contributed by atoms with E-state index in [0.717, 1.165) is 31.6 Å². The van der Waals surface area contributed by atoms with E-state index < -0.39 is 0 Å². The first-order valence-corrected chi connectivity index (χ1v) is 7.37. The zero-order valence-corrected chi connectivity index (χ0v) is 12.1. The van der Waals surface area contributed by atoms with Crippen molar-refractivity contribution in [1.82, 2.24) is 5.32 Å². The SMILES string of the molecule is CCc1cc(CNC2CCC(N)CC2)ccc1OC. The molecule has 1 aliphatic rings. The molecular weight excluding hydrogens is 236 g/mol. The Kier molecular flexibility index (Phi) is 5.23. The van der Waals surface area contributed by atoms with Crippen LogP contribution in [0.15, 0.2) is 18.2 Å². The summed E-state index contributed by atoms with van der Waals surface area (Å²) in [6.07, 6.45) is 5.73. The Balaban J connectivity index is 1.89. The fourth-order valence-electron chi connectivity index (χ4n) is 2.80. The molecule has 3 heteroatoms. The van der Waals surface area contributed by atoms with Gasteiger partial charge in [0.2, 0.25) is 0 Å². The van der Waals surface area contributed by atoms with E-state index in [0.29, 0.717) is 12.1 Å². The molecule has 106 valence electrons. The quantitative estimate of drug-likeness (QED) is 0.857. The van der Waals surface area contributed by atoms with Crippen molar-refractivity contribution in [2.24, 2.45) is 5.73 Å². The first-order valence-electron chi connectivity index (χ1n) is 7.37. The normalized spacial score (nSPS) is 23.3. The zero-order chi connectivity index (χ0) is 13.7. The Morgan fingerprint density at radius 2 is 2.00 bits per heavy atom. The molecule has 0 aliphatic heterocycles. The van der Waals surface area contributed by atoms with Crippen LogP contribution in [0.25, 0.3) is 0 Å². The minimum absolute atomic E-state index is 0.422. The van der Waals surface area contributed by atoms with Gasteiger partial charge in [0.25, 0.3) is 0 Å². The number of nitrogens with two attached hydrogens (primary N) is 1. The third-order valence-corrected chi connectivity index (χ3v) is 4.09. The number of rotatable bonds is 5. The van der Waals surface area contributed by atoms with E-state index in [4.69, 9.17) is 10.5 Å². The van der Waals surface area contributed by atoms with E-state index in [1.54, 1.807) is 7.11 Å². The van der Waals surface area contributed by atoms with Crippen molar-refractivity contribution in [3.8, 4) is 5.75 Å². The van der Waals surface area contributed by atoms with Crippen LogP contribution >= 0.6 is 0 Å². The van der Waals surface area contributed by atoms with Gasteiger partial charge in [0.05, 0.1) is 7.11 Å². The monoisotopic (exact) mass is 262 g/mol. The van der Waals surface area contributed by atoms with Crippen LogP contribution in [0.4, 0.5) is 0 Å². The summed E-state index contributed by atoms with van der Waals surface area (Å²) < 4.78 is 5.36. The molecule has 0 unspecified atom stereocenters. The van der Waals surface area contributed by atoms with Crippen molar-refractivity contribution >= 4 is 0 Å².